The molecule has 1 heterocycles. The van der Waals surface area contributed by atoms with Gasteiger partial charge in [-0.3, -0.25) is 0 Å². The molecule has 0 spiro atoms. The summed E-state index contributed by atoms with van der Waals surface area (Å²) < 4.78 is 53.4. The first kappa shape index (κ1) is 17.7. The Labute approximate surface area is 138 Å². The maximum atomic E-state index is 12.2. The zero-order valence-corrected chi connectivity index (χ0v) is 13.3. The van der Waals surface area contributed by atoms with E-state index in [0.29, 0.717) is 11.5 Å². The molecule has 12 heteroatoms. The molecule has 1 aliphatic heterocycles. The molecule has 1 aromatic rings. The molecule has 0 N–H and O–H groups in total. The monoisotopic (exact) mass is 398 g/mol. The molecular formula is C10H5Cl3F3O5P. The fourth-order valence-electron chi connectivity index (χ4n) is 1.21. The van der Waals surface area contributed by atoms with E-state index in [1.807, 2.05) is 0 Å². The van der Waals surface area contributed by atoms with Gasteiger partial charge in [0, 0.05) is 0 Å². The van der Waals surface area contributed by atoms with Gasteiger partial charge >= 0.3 is 20.7 Å². The highest BCUT2D eigenvalue weighted by molar-refractivity contribution is 7.43. The van der Waals surface area contributed by atoms with Crippen molar-refractivity contribution in [3.05, 3.63) is 24.3 Å². The van der Waals surface area contributed by atoms with Crippen molar-refractivity contribution in [3.63, 3.8) is 0 Å². The first-order chi connectivity index (χ1) is 10.1. The lowest BCUT2D eigenvalue weighted by molar-refractivity contribution is -0.216. The largest absolute Gasteiger partial charge is 0.491 e. The van der Waals surface area contributed by atoms with E-state index in [9.17, 15) is 18.0 Å². The molecule has 0 bridgehead atoms. The Morgan fingerprint density at radius 1 is 1.14 bits per heavy atom. The number of alkyl halides is 6. The van der Waals surface area contributed by atoms with Gasteiger partial charge in [0.1, 0.15) is 0 Å². The SMILES string of the molecule is O=C(OC(OP1Oc2ccccc2O1)C(Cl)(Cl)Cl)C(F)(F)F. The van der Waals surface area contributed by atoms with Gasteiger partial charge in [0.05, 0.1) is 0 Å². The number of carbonyl (C=O) groups excluding carboxylic acids is 1. The minimum absolute atomic E-state index is 0.291. The maximum absolute atomic E-state index is 12.2. The minimum Gasteiger partial charge on any atom is -0.424 e. The minimum atomic E-state index is -5.27. The zero-order chi connectivity index (χ0) is 16.5. The molecule has 1 aromatic carbocycles. The molecule has 0 aliphatic carbocycles. The number of rotatable bonds is 3. The summed E-state index contributed by atoms with van der Waals surface area (Å²) >= 11 is 16.3. The van der Waals surface area contributed by atoms with Crippen LogP contribution in [0.2, 0.25) is 0 Å². The summed E-state index contributed by atoms with van der Waals surface area (Å²) in [5.41, 5.74) is 0. The van der Waals surface area contributed by atoms with Crippen LogP contribution in [-0.2, 0) is 14.1 Å². The van der Waals surface area contributed by atoms with E-state index in [-0.39, 0.29) is 0 Å². The number of benzene rings is 1. The highest BCUT2D eigenvalue weighted by atomic mass is 35.6. The fourth-order valence-corrected chi connectivity index (χ4v) is 2.77. The molecule has 0 saturated carbocycles. The molecule has 5 nitrogen and oxygen atoms in total. The lowest BCUT2D eigenvalue weighted by Gasteiger charge is -2.25. The lowest BCUT2D eigenvalue weighted by Crippen LogP contribution is -2.38. The van der Waals surface area contributed by atoms with Gasteiger partial charge in [-0.05, 0) is 12.1 Å². The van der Waals surface area contributed by atoms with E-state index in [1.165, 1.54) is 12.1 Å². The number of para-hydroxylation sites is 2. The first-order valence-electron chi connectivity index (χ1n) is 5.34. The maximum Gasteiger partial charge on any atom is 0.491 e. The van der Waals surface area contributed by atoms with Crippen molar-refractivity contribution in [1.29, 1.82) is 0 Å². The molecule has 2 rings (SSSR count). The summed E-state index contributed by atoms with van der Waals surface area (Å²) in [6, 6.07) is 6.34. The molecule has 1 unspecified atom stereocenters. The Balaban J connectivity index is 2.05. The molecule has 122 valence electrons. The molecule has 1 atom stereocenters. The molecule has 0 amide bonds. The fraction of sp³-hybridized carbons (Fsp3) is 0.300. The van der Waals surface area contributed by atoms with Crippen molar-refractivity contribution in [1.82, 2.24) is 0 Å². The average Bonchev–Trinajstić information content (AvgIpc) is 2.77. The van der Waals surface area contributed by atoms with Crippen LogP contribution in [0.4, 0.5) is 13.2 Å². The Bertz CT molecular complexity index is 540. The van der Waals surface area contributed by atoms with Crippen molar-refractivity contribution in [2.24, 2.45) is 0 Å². The van der Waals surface area contributed by atoms with Gasteiger partial charge in [-0.25, -0.2) is 9.32 Å². The molecule has 0 saturated heterocycles. The zero-order valence-electron chi connectivity index (χ0n) is 10.1. The standard InChI is InChI=1S/C10H5Cl3F3O5P/c11-9(12,13)8(18-7(17)10(14,15)16)21-22-19-5-3-1-2-4-6(5)20-22/h1-4,8H. The Morgan fingerprint density at radius 3 is 2.05 bits per heavy atom. The Morgan fingerprint density at radius 2 is 1.64 bits per heavy atom. The second kappa shape index (κ2) is 6.45. The molecule has 0 radical (unpaired) electrons. The van der Waals surface area contributed by atoms with E-state index in [1.54, 1.807) is 12.1 Å². The molecule has 0 fully saturated rings. The van der Waals surface area contributed by atoms with Crippen molar-refractivity contribution >= 4 is 49.4 Å². The number of esters is 1. The van der Waals surface area contributed by atoms with Crippen LogP contribution in [0, 0.1) is 0 Å². The molecule has 0 aromatic heterocycles. The molecule has 22 heavy (non-hydrogen) atoms. The lowest BCUT2D eigenvalue weighted by atomic mass is 10.3. The van der Waals surface area contributed by atoms with E-state index in [4.69, 9.17) is 48.4 Å². The molecular weight excluding hydrogens is 394 g/mol. The second-order valence-electron chi connectivity index (χ2n) is 3.73. The number of hydrogen-bond acceptors (Lipinski definition) is 5. The number of fused-ring (bicyclic) bond motifs is 1. The second-order valence-corrected chi connectivity index (χ2v) is 7.13. The summed E-state index contributed by atoms with van der Waals surface area (Å²) in [7, 11) is -2.24. The quantitative estimate of drug-likeness (QED) is 0.324. The van der Waals surface area contributed by atoms with Crippen LogP contribution in [-0.4, -0.2) is 22.2 Å². The van der Waals surface area contributed by atoms with Gasteiger partial charge in [0.2, 0.25) is 0 Å². The highest BCUT2D eigenvalue weighted by Gasteiger charge is 2.49. The predicted molar refractivity (Wildman–Crippen MR) is 71.9 cm³/mol. The van der Waals surface area contributed by atoms with Crippen molar-refractivity contribution in [2.45, 2.75) is 16.3 Å². The summed E-state index contributed by atoms with van der Waals surface area (Å²) in [5.74, 6) is -1.99. The van der Waals surface area contributed by atoms with E-state index in [2.05, 4.69) is 4.74 Å². The first-order valence-corrected chi connectivity index (χ1v) is 7.56. The number of carbonyl (C=O) groups is 1. The summed E-state index contributed by atoms with van der Waals surface area (Å²) in [5, 5.41) is 0. The van der Waals surface area contributed by atoms with Crippen LogP contribution < -0.4 is 9.05 Å². The topological polar surface area (TPSA) is 54.0 Å². The van der Waals surface area contributed by atoms with Gasteiger partial charge < -0.3 is 13.8 Å². The van der Waals surface area contributed by atoms with Crippen LogP contribution in [0.5, 0.6) is 11.5 Å². The van der Waals surface area contributed by atoms with Crippen LogP contribution in [0.25, 0.3) is 0 Å². The third-order valence-electron chi connectivity index (χ3n) is 2.09. The van der Waals surface area contributed by atoms with Crippen LogP contribution in [0.3, 0.4) is 0 Å². The van der Waals surface area contributed by atoms with Gasteiger partial charge in [-0.2, -0.15) is 13.2 Å². The van der Waals surface area contributed by atoms with E-state index >= 15 is 0 Å². The Hall–Kier alpha value is -0.660. The highest BCUT2D eigenvalue weighted by Crippen LogP contribution is 2.55. The van der Waals surface area contributed by atoms with Gasteiger partial charge in [0.25, 0.3) is 10.1 Å². The Kier molecular flexibility index (Phi) is 5.19. The van der Waals surface area contributed by atoms with E-state index in [0.717, 1.165) is 0 Å². The van der Waals surface area contributed by atoms with Crippen molar-refractivity contribution in [2.75, 3.05) is 0 Å². The third-order valence-corrected chi connectivity index (χ3v) is 3.68. The predicted octanol–water partition coefficient (Wildman–Crippen LogP) is 4.50. The van der Waals surface area contributed by atoms with Gasteiger partial charge in [-0.15, -0.1) is 0 Å². The van der Waals surface area contributed by atoms with Crippen LogP contribution in [0.1, 0.15) is 0 Å². The number of halogens is 6. The average molecular weight is 399 g/mol. The normalized spacial score (nSPS) is 16.5. The summed E-state index contributed by atoms with van der Waals surface area (Å²) in [4.78, 5) is 10.8. The van der Waals surface area contributed by atoms with E-state index < -0.39 is 30.8 Å². The van der Waals surface area contributed by atoms with Crippen LogP contribution >= 0.6 is 43.4 Å². The van der Waals surface area contributed by atoms with Crippen molar-refractivity contribution < 1.29 is 36.3 Å². The number of hydrogen-bond donors (Lipinski definition) is 0. The van der Waals surface area contributed by atoms with Crippen molar-refractivity contribution in [3.8, 4) is 11.5 Å². The number of ether oxygens (including phenoxy) is 1. The third kappa shape index (κ3) is 4.43. The van der Waals surface area contributed by atoms with Gasteiger partial charge in [0.15, 0.2) is 11.5 Å². The molecule has 1 aliphatic rings. The van der Waals surface area contributed by atoms with Gasteiger partial charge in [-0.1, -0.05) is 46.9 Å². The summed E-state index contributed by atoms with van der Waals surface area (Å²) in [6.45, 7) is 0. The summed E-state index contributed by atoms with van der Waals surface area (Å²) in [6.07, 6.45) is -7.45. The smallest absolute Gasteiger partial charge is 0.424 e. The van der Waals surface area contributed by atoms with Crippen LogP contribution in [0.15, 0.2) is 24.3 Å².